The third kappa shape index (κ3) is 20.0. The summed E-state index contributed by atoms with van der Waals surface area (Å²) >= 11 is 1.90. The van der Waals surface area contributed by atoms with Gasteiger partial charge in [0.05, 0.1) is 0 Å². The normalized spacial score (nSPS) is 10.9. The second-order valence-electron chi connectivity index (χ2n) is 6.10. The van der Waals surface area contributed by atoms with Gasteiger partial charge >= 0.3 is 0 Å². The van der Waals surface area contributed by atoms with Gasteiger partial charge in [-0.15, -0.1) is 0 Å². The van der Waals surface area contributed by atoms with Crippen LogP contribution in [0, 0.1) is 0 Å². The minimum atomic E-state index is 0.600. The third-order valence-corrected chi connectivity index (χ3v) is 5.06. The molecule has 0 fully saturated rings. The summed E-state index contributed by atoms with van der Waals surface area (Å²) < 4.78 is 0. The molecule has 0 aromatic rings. The first-order chi connectivity index (χ1) is 10.4. The summed E-state index contributed by atoms with van der Waals surface area (Å²) in [5.41, 5.74) is 0. The average molecular weight is 314 g/mol. The van der Waals surface area contributed by atoms with Crippen molar-refractivity contribution in [2.45, 2.75) is 103 Å². The van der Waals surface area contributed by atoms with Crippen molar-refractivity contribution < 1.29 is 4.79 Å². The van der Waals surface area contributed by atoms with E-state index >= 15 is 0 Å². The predicted molar refractivity (Wildman–Crippen MR) is 97.9 cm³/mol. The highest BCUT2D eigenvalue weighted by Crippen LogP contribution is 2.13. The van der Waals surface area contributed by atoms with Crippen LogP contribution in [-0.2, 0) is 4.79 Å². The molecule has 0 aliphatic carbocycles. The summed E-state index contributed by atoms with van der Waals surface area (Å²) in [4.78, 5) is 10.0. The Morgan fingerprint density at radius 3 is 1.48 bits per heavy atom. The SMILES string of the molecule is CCCCCCCCCCCCCCCCSCC[C]=O. The van der Waals surface area contributed by atoms with E-state index in [9.17, 15) is 4.79 Å². The van der Waals surface area contributed by atoms with Crippen LogP contribution in [0.5, 0.6) is 0 Å². The van der Waals surface area contributed by atoms with Crippen LogP contribution in [-0.4, -0.2) is 17.8 Å². The van der Waals surface area contributed by atoms with Gasteiger partial charge in [-0.3, -0.25) is 4.79 Å². The maximum atomic E-state index is 10.0. The molecule has 0 spiro atoms. The summed E-state index contributed by atoms with van der Waals surface area (Å²) in [5, 5.41) is 0. The number of hydrogen-bond acceptors (Lipinski definition) is 2. The molecule has 1 radical (unpaired) electrons. The Labute approximate surface area is 138 Å². The van der Waals surface area contributed by atoms with Crippen molar-refractivity contribution >= 4 is 18.0 Å². The maximum absolute atomic E-state index is 10.0. The third-order valence-electron chi connectivity index (χ3n) is 3.99. The Balaban J connectivity index is 2.91. The fraction of sp³-hybridized carbons (Fsp3) is 0.947. The molecule has 0 amide bonds. The van der Waals surface area contributed by atoms with E-state index in [-0.39, 0.29) is 0 Å². The second kappa shape index (κ2) is 20.0. The van der Waals surface area contributed by atoms with Crippen molar-refractivity contribution in [2.75, 3.05) is 11.5 Å². The summed E-state index contributed by atoms with van der Waals surface area (Å²) in [7, 11) is 0. The lowest BCUT2D eigenvalue weighted by atomic mass is 10.0. The van der Waals surface area contributed by atoms with Gasteiger partial charge in [-0.05, 0) is 12.2 Å². The highest BCUT2D eigenvalue weighted by molar-refractivity contribution is 7.99. The number of unbranched alkanes of at least 4 members (excludes halogenated alkanes) is 13. The van der Waals surface area contributed by atoms with Crippen molar-refractivity contribution in [3.8, 4) is 0 Å². The molecule has 0 N–H and O–H groups in total. The number of carbonyl (C=O) groups excluding carboxylic acids is 1. The quantitative estimate of drug-likeness (QED) is 0.262. The molecule has 0 aromatic carbocycles. The molecule has 125 valence electrons. The van der Waals surface area contributed by atoms with Crippen molar-refractivity contribution in [2.24, 2.45) is 0 Å². The molecule has 0 saturated heterocycles. The van der Waals surface area contributed by atoms with Crippen LogP contribution in [0.15, 0.2) is 0 Å². The van der Waals surface area contributed by atoms with Gasteiger partial charge < -0.3 is 0 Å². The number of hydrogen-bond donors (Lipinski definition) is 0. The monoisotopic (exact) mass is 313 g/mol. The maximum Gasteiger partial charge on any atom is 0.199 e. The van der Waals surface area contributed by atoms with Crippen molar-refractivity contribution in [3.05, 3.63) is 0 Å². The molecular weight excluding hydrogens is 276 g/mol. The van der Waals surface area contributed by atoms with E-state index in [1.54, 1.807) is 0 Å². The van der Waals surface area contributed by atoms with Crippen LogP contribution in [0.1, 0.15) is 103 Å². The van der Waals surface area contributed by atoms with E-state index in [4.69, 9.17) is 0 Å². The fourth-order valence-electron chi connectivity index (χ4n) is 2.61. The van der Waals surface area contributed by atoms with Gasteiger partial charge in [-0.25, -0.2) is 0 Å². The average Bonchev–Trinajstić information content (AvgIpc) is 2.50. The van der Waals surface area contributed by atoms with Gasteiger partial charge in [-0.2, -0.15) is 11.8 Å². The van der Waals surface area contributed by atoms with E-state index in [0.29, 0.717) is 6.42 Å². The van der Waals surface area contributed by atoms with E-state index in [1.165, 1.54) is 95.6 Å². The van der Waals surface area contributed by atoms with Crippen LogP contribution in [0.25, 0.3) is 0 Å². The smallest absolute Gasteiger partial charge is 0.199 e. The first-order valence-corrected chi connectivity index (χ1v) is 10.5. The Hall–Kier alpha value is 0.0200. The fourth-order valence-corrected chi connectivity index (χ4v) is 3.45. The van der Waals surface area contributed by atoms with Gasteiger partial charge in [0.2, 0.25) is 0 Å². The van der Waals surface area contributed by atoms with Crippen molar-refractivity contribution in [1.29, 1.82) is 0 Å². The van der Waals surface area contributed by atoms with E-state index in [1.807, 2.05) is 18.0 Å². The van der Waals surface area contributed by atoms with Crippen LogP contribution >= 0.6 is 11.8 Å². The lowest BCUT2D eigenvalue weighted by molar-refractivity contribution is 0.538. The van der Waals surface area contributed by atoms with Gasteiger partial charge in [0.15, 0.2) is 6.29 Å². The van der Waals surface area contributed by atoms with Gasteiger partial charge in [0.25, 0.3) is 0 Å². The zero-order valence-corrected chi connectivity index (χ0v) is 15.2. The van der Waals surface area contributed by atoms with Gasteiger partial charge in [0.1, 0.15) is 0 Å². The highest BCUT2D eigenvalue weighted by Gasteiger charge is 1.94. The highest BCUT2D eigenvalue weighted by atomic mass is 32.2. The molecule has 0 unspecified atom stereocenters. The Morgan fingerprint density at radius 2 is 1.05 bits per heavy atom. The summed E-state index contributed by atoms with van der Waals surface area (Å²) in [6, 6.07) is 0. The lowest BCUT2D eigenvalue weighted by Crippen LogP contribution is -1.86. The summed E-state index contributed by atoms with van der Waals surface area (Å²) in [6.07, 6.45) is 22.4. The predicted octanol–water partition coefficient (Wildman–Crippen LogP) is 6.70. The molecular formula is C19H37OS. The van der Waals surface area contributed by atoms with Crippen molar-refractivity contribution in [1.82, 2.24) is 0 Å². The Morgan fingerprint density at radius 1 is 0.619 bits per heavy atom. The van der Waals surface area contributed by atoms with E-state index in [2.05, 4.69) is 6.92 Å². The molecule has 1 nitrogen and oxygen atoms in total. The molecule has 0 heterocycles. The van der Waals surface area contributed by atoms with Crippen LogP contribution < -0.4 is 0 Å². The minimum absolute atomic E-state index is 0.600. The van der Waals surface area contributed by atoms with Gasteiger partial charge in [0, 0.05) is 12.2 Å². The van der Waals surface area contributed by atoms with Crippen LogP contribution in [0.2, 0.25) is 0 Å². The van der Waals surface area contributed by atoms with E-state index in [0.717, 1.165) is 5.75 Å². The second-order valence-corrected chi connectivity index (χ2v) is 7.33. The molecule has 0 rings (SSSR count). The number of thioether (sulfide) groups is 1. The molecule has 0 atom stereocenters. The first-order valence-electron chi connectivity index (χ1n) is 9.34. The molecule has 0 saturated carbocycles. The van der Waals surface area contributed by atoms with Crippen LogP contribution in [0.3, 0.4) is 0 Å². The number of rotatable bonds is 18. The van der Waals surface area contributed by atoms with Crippen molar-refractivity contribution in [3.63, 3.8) is 0 Å². The topological polar surface area (TPSA) is 17.1 Å². The molecule has 0 bridgehead atoms. The first kappa shape index (κ1) is 21.0. The summed E-state index contributed by atoms with van der Waals surface area (Å²) in [6.45, 7) is 2.28. The summed E-state index contributed by atoms with van der Waals surface area (Å²) in [5.74, 6) is 2.18. The van der Waals surface area contributed by atoms with E-state index < -0.39 is 0 Å². The standard InChI is InChI=1S/C19H37OS/c1-2-3-4-5-6-7-8-9-10-11-12-13-14-15-18-21-19-16-17-20/h2-16,18-19H2,1H3. The zero-order chi connectivity index (χ0) is 15.4. The minimum Gasteiger partial charge on any atom is -0.291 e. The molecule has 0 aliphatic rings. The molecule has 21 heavy (non-hydrogen) atoms. The molecule has 2 heteroatoms. The lowest BCUT2D eigenvalue weighted by Gasteiger charge is -2.03. The largest absolute Gasteiger partial charge is 0.291 e. The molecule has 0 aromatic heterocycles. The Kier molecular flexibility index (Phi) is 20.0. The Bertz CT molecular complexity index is 194. The zero-order valence-electron chi connectivity index (χ0n) is 14.3. The van der Waals surface area contributed by atoms with Crippen LogP contribution in [0.4, 0.5) is 0 Å². The molecule has 0 aliphatic heterocycles. The van der Waals surface area contributed by atoms with Gasteiger partial charge in [-0.1, -0.05) is 90.4 Å².